The molecule has 2 atom stereocenters. The Bertz CT molecular complexity index is 839. The average Bonchev–Trinajstić information content (AvgIpc) is 2.71. The van der Waals surface area contributed by atoms with Gasteiger partial charge in [-0.05, 0) is 22.3 Å². The maximum atomic E-state index is 11.4. The third kappa shape index (κ3) is 4.86. The summed E-state index contributed by atoms with van der Waals surface area (Å²) in [5, 5.41) is 18.7. The summed E-state index contributed by atoms with van der Waals surface area (Å²) in [6, 6.07) is 26.8. The fraction of sp³-hybridized carbons (Fsp3) is 0.167. The highest BCUT2D eigenvalue weighted by Gasteiger charge is 2.20. The molecule has 0 amide bonds. The van der Waals surface area contributed by atoms with Crippen LogP contribution in [0.15, 0.2) is 84.9 Å². The van der Waals surface area contributed by atoms with Gasteiger partial charge >= 0.3 is 11.9 Å². The number of hydrogen-bond donors (Lipinski definition) is 2. The Morgan fingerprint density at radius 1 is 0.536 bits per heavy atom. The van der Waals surface area contributed by atoms with Crippen molar-refractivity contribution in [2.24, 2.45) is 0 Å². The fourth-order valence-corrected chi connectivity index (χ4v) is 3.54. The molecule has 2 unspecified atom stereocenters. The van der Waals surface area contributed by atoms with Gasteiger partial charge < -0.3 is 10.2 Å². The van der Waals surface area contributed by atoms with E-state index >= 15 is 0 Å². The van der Waals surface area contributed by atoms with Crippen LogP contribution in [-0.2, 0) is 9.59 Å². The summed E-state index contributed by atoms with van der Waals surface area (Å²) in [6.07, 6.45) is 0.00119. The Balaban J connectivity index is 1.93. The third-order valence-electron chi connectivity index (χ3n) is 4.90. The molecule has 28 heavy (non-hydrogen) atoms. The van der Waals surface area contributed by atoms with Crippen molar-refractivity contribution in [3.63, 3.8) is 0 Å². The van der Waals surface area contributed by atoms with Crippen molar-refractivity contribution in [1.29, 1.82) is 0 Å². The predicted octanol–water partition coefficient (Wildman–Crippen LogP) is 4.90. The zero-order valence-electron chi connectivity index (χ0n) is 15.4. The highest BCUT2D eigenvalue weighted by molar-refractivity contribution is 5.70. The van der Waals surface area contributed by atoms with Gasteiger partial charge in [0.2, 0.25) is 0 Å². The van der Waals surface area contributed by atoms with Crippen LogP contribution in [0.2, 0.25) is 0 Å². The Kier molecular flexibility index (Phi) is 6.22. The van der Waals surface area contributed by atoms with E-state index in [0.29, 0.717) is 0 Å². The van der Waals surface area contributed by atoms with Gasteiger partial charge in [-0.15, -0.1) is 0 Å². The van der Waals surface area contributed by atoms with E-state index in [9.17, 15) is 19.8 Å². The van der Waals surface area contributed by atoms with Gasteiger partial charge in [0.25, 0.3) is 0 Å². The molecule has 3 aromatic carbocycles. The standard InChI is InChI=1S/C24H22O4/c25-23(26)15-21(17-7-3-1-4-8-17)19-11-13-20(14-12-19)22(16-24(27)28)18-9-5-2-6-10-18/h1-14,21-22H,15-16H2,(H,25,26)(H,27,28). The molecule has 0 saturated carbocycles. The molecule has 0 heterocycles. The molecule has 0 bridgehead atoms. The molecule has 0 fully saturated rings. The van der Waals surface area contributed by atoms with Crippen molar-refractivity contribution >= 4 is 11.9 Å². The van der Waals surface area contributed by atoms with Crippen LogP contribution in [0.5, 0.6) is 0 Å². The molecule has 0 radical (unpaired) electrons. The minimum Gasteiger partial charge on any atom is -0.481 e. The molecule has 0 aliphatic rings. The van der Waals surface area contributed by atoms with Gasteiger partial charge in [0.15, 0.2) is 0 Å². The molecule has 0 saturated heterocycles. The van der Waals surface area contributed by atoms with Crippen LogP contribution in [0.4, 0.5) is 0 Å². The van der Waals surface area contributed by atoms with Gasteiger partial charge in [-0.3, -0.25) is 9.59 Å². The van der Waals surface area contributed by atoms with Gasteiger partial charge in [0.1, 0.15) is 0 Å². The first-order chi connectivity index (χ1) is 13.5. The van der Waals surface area contributed by atoms with Crippen LogP contribution in [0.25, 0.3) is 0 Å². The SMILES string of the molecule is O=C(O)CC(c1ccccc1)c1ccc(C(CC(=O)O)c2ccccc2)cc1. The maximum absolute atomic E-state index is 11.4. The van der Waals surface area contributed by atoms with Crippen LogP contribution in [0.3, 0.4) is 0 Å². The Morgan fingerprint density at radius 2 is 0.821 bits per heavy atom. The van der Waals surface area contributed by atoms with Crippen LogP contribution < -0.4 is 0 Å². The van der Waals surface area contributed by atoms with Crippen LogP contribution >= 0.6 is 0 Å². The van der Waals surface area contributed by atoms with Crippen LogP contribution in [0.1, 0.15) is 46.9 Å². The summed E-state index contributed by atoms with van der Waals surface area (Å²) in [7, 11) is 0. The lowest BCUT2D eigenvalue weighted by Crippen LogP contribution is -2.10. The molecule has 0 aliphatic carbocycles. The predicted molar refractivity (Wildman–Crippen MR) is 108 cm³/mol. The topological polar surface area (TPSA) is 74.6 Å². The zero-order valence-corrected chi connectivity index (χ0v) is 15.4. The number of hydrogen-bond acceptors (Lipinski definition) is 2. The molecule has 3 aromatic rings. The minimum atomic E-state index is -0.856. The maximum Gasteiger partial charge on any atom is 0.304 e. The Morgan fingerprint density at radius 3 is 1.11 bits per heavy atom. The third-order valence-corrected chi connectivity index (χ3v) is 4.90. The molecule has 2 N–H and O–H groups in total. The monoisotopic (exact) mass is 374 g/mol. The Hall–Kier alpha value is -3.40. The van der Waals surface area contributed by atoms with Crippen LogP contribution in [0, 0.1) is 0 Å². The van der Waals surface area contributed by atoms with Crippen molar-refractivity contribution < 1.29 is 19.8 Å². The van der Waals surface area contributed by atoms with Gasteiger partial charge in [0.05, 0.1) is 12.8 Å². The lowest BCUT2D eigenvalue weighted by atomic mass is 9.84. The molecule has 0 aromatic heterocycles. The number of carboxylic acids is 2. The molecule has 3 rings (SSSR count). The summed E-state index contributed by atoms with van der Waals surface area (Å²) in [5.41, 5.74) is 3.70. The van der Waals surface area contributed by atoms with E-state index in [1.165, 1.54) is 0 Å². The van der Waals surface area contributed by atoms with E-state index in [0.717, 1.165) is 22.3 Å². The Labute approximate surface area is 164 Å². The number of carboxylic acid groups (broad SMARTS) is 2. The smallest absolute Gasteiger partial charge is 0.304 e. The van der Waals surface area contributed by atoms with Crippen LogP contribution in [-0.4, -0.2) is 22.2 Å². The minimum absolute atomic E-state index is 0.000595. The zero-order chi connectivity index (χ0) is 19.9. The summed E-state index contributed by atoms with van der Waals surface area (Å²) >= 11 is 0. The van der Waals surface area contributed by atoms with E-state index < -0.39 is 11.9 Å². The van der Waals surface area contributed by atoms with Gasteiger partial charge in [-0.1, -0.05) is 84.9 Å². The molecule has 0 aliphatic heterocycles. The first-order valence-corrected chi connectivity index (χ1v) is 9.18. The molecular formula is C24H22O4. The van der Waals surface area contributed by atoms with E-state index in [-0.39, 0.29) is 24.7 Å². The second-order valence-electron chi connectivity index (χ2n) is 6.79. The quantitative estimate of drug-likeness (QED) is 0.588. The van der Waals surface area contributed by atoms with E-state index in [2.05, 4.69) is 0 Å². The highest BCUT2D eigenvalue weighted by Crippen LogP contribution is 2.32. The van der Waals surface area contributed by atoms with Gasteiger partial charge in [0, 0.05) is 11.8 Å². The molecule has 4 heteroatoms. The van der Waals surface area contributed by atoms with E-state index in [1.807, 2.05) is 84.9 Å². The lowest BCUT2D eigenvalue weighted by Gasteiger charge is -2.19. The van der Waals surface area contributed by atoms with Crippen molar-refractivity contribution in [3.05, 3.63) is 107 Å². The summed E-state index contributed by atoms with van der Waals surface area (Å²) in [5.74, 6) is -2.21. The van der Waals surface area contributed by atoms with Crippen molar-refractivity contribution in [1.82, 2.24) is 0 Å². The molecular weight excluding hydrogens is 352 g/mol. The highest BCUT2D eigenvalue weighted by atomic mass is 16.4. The van der Waals surface area contributed by atoms with Gasteiger partial charge in [-0.2, -0.15) is 0 Å². The van der Waals surface area contributed by atoms with E-state index in [4.69, 9.17) is 0 Å². The molecule has 0 spiro atoms. The average molecular weight is 374 g/mol. The second-order valence-corrected chi connectivity index (χ2v) is 6.79. The van der Waals surface area contributed by atoms with Crippen molar-refractivity contribution in [2.75, 3.05) is 0 Å². The van der Waals surface area contributed by atoms with Crippen molar-refractivity contribution in [2.45, 2.75) is 24.7 Å². The lowest BCUT2D eigenvalue weighted by molar-refractivity contribution is -0.138. The largest absolute Gasteiger partial charge is 0.481 e. The summed E-state index contributed by atoms with van der Waals surface area (Å²) in [4.78, 5) is 22.7. The first kappa shape index (κ1) is 19.4. The van der Waals surface area contributed by atoms with Crippen molar-refractivity contribution in [3.8, 4) is 0 Å². The molecule has 142 valence electrons. The molecule has 4 nitrogen and oxygen atoms in total. The number of carbonyl (C=O) groups is 2. The number of aliphatic carboxylic acids is 2. The van der Waals surface area contributed by atoms with E-state index in [1.54, 1.807) is 0 Å². The number of benzene rings is 3. The fourth-order valence-electron chi connectivity index (χ4n) is 3.54. The first-order valence-electron chi connectivity index (χ1n) is 9.18. The summed E-state index contributed by atoms with van der Waals surface area (Å²) in [6.45, 7) is 0. The second kappa shape index (κ2) is 9.00. The number of rotatable bonds is 8. The normalized spacial score (nSPS) is 12.9. The van der Waals surface area contributed by atoms with Gasteiger partial charge in [-0.25, -0.2) is 0 Å². The summed E-state index contributed by atoms with van der Waals surface area (Å²) < 4.78 is 0.